The van der Waals surface area contributed by atoms with Crippen molar-refractivity contribution >= 4 is 17.7 Å². The molecule has 2 N–H and O–H groups in total. The molecule has 2 aromatic rings. The molecule has 1 saturated carbocycles. The predicted octanol–water partition coefficient (Wildman–Crippen LogP) is 3.37. The van der Waals surface area contributed by atoms with E-state index in [-0.39, 0.29) is 22.8 Å². The average Bonchev–Trinajstić information content (AvgIpc) is 2.63. The largest absolute Gasteiger partial charge is 0.352 e. The topological polar surface area (TPSA) is 74.8 Å². The summed E-state index contributed by atoms with van der Waals surface area (Å²) in [6, 6.07) is 11.3. The van der Waals surface area contributed by atoms with E-state index in [1.54, 1.807) is 0 Å². The number of nitrogens with zero attached hydrogens (tertiary/aromatic N) is 1. The highest BCUT2D eigenvalue weighted by molar-refractivity contribution is 8.00. The number of rotatable bonds is 5. The fourth-order valence-corrected chi connectivity index (χ4v) is 3.85. The first-order valence-electron chi connectivity index (χ1n) is 8.75. The van der Waals surface area contributed by atoms with Gasteiger partial charge in [-0.25, -0.2) is 4.98 Å². The van der Waals surface area contributed by atoms with E-state index in [9.17, 15) is 9.59 Å². The van der Waals surface area contributed by atoms with E-state index in [0.717, 1.165) is 18.4 Å². The van der Waals surface area contributed by atoms with Crippen molar-refractivity contribution in [2.45, 2.75) is 55.5 Å². The van der Waals surface area contributed by atoms with Gasteiger partial charge in [-0.05, 0) is 19.8 Å². The molecule has 6 heteroatoms. The first-order chi connectivity index (χ1) is 12.1. The van der Waals surface area contributed by atoms with Gasteiger partial charge >= 0.3 is 0 Å². The second-order valence-corrected chi connectivity index (χ2v) is 7.73. The van der Waals surface area contributed by atoms with Gasteiger partial charge in [-0.15, -0.1) is 0 Å². The maximum absolute atomic E-state index is 12.4. The number of H-pyrrole nitrogens is 1. The SMILES string of the molecule is C[C@@H](Sc1nc(-c2ccccc2)cc(=O)[nH]1)C(=O)NC1CCCCC1. The van der Waals surface area contributed by atoms with Crippen molar-refractivity contribution in [1.29, 1.82) is 0 Å². The number of aromatic nitrogens is 2. The van der Waals surface area contributed by atoms with Gasteiger partial charge < -0.3 is 10.3 Å². The molecule has 1 atom stereocenters. The van der Waals surface area contributed by atoms with Crippen molar-refractivity contribution in [3.05, 3.63) is 46.8 Å². The molecule has 0 unspecified atom stereocenters. The molecule has 1 aliphatic carbocycles. The molecule has 0 bridgehead atoms. The summed E-state index contributed by atoms with van der Waals surface area (Å²) >= 11 is 1.28. The number of amides is 1. The van der Waals surface area contributed by atoms with Gasteiger partial charge in [-0.3, -0.25) is 9.59 Å². The molecule has 1 aliphatic rings. The van der Waals surface area contributed by atoms with Crippen molar-refractivity contribution in [3.8, 4) is 11.3 Å². The van der Waals surface area contributed by atoms with Crippen LogP contribution in [0.15, 0.2) is 46.3 Å². The molecular weight excluding hydrogens is 334 g/mol. The van der Waals surface area contributed by atoms with Crippen LogP contribution in [0.5, 0.6) is 0 Å². The molecule has 3 rings (SSSR count). The Balaban J connectivity index is 1.68. The van der Waals surface area contributed by atoms with Crippen LogP contribution in [0.3, 0.4) is 0 Å². The van der Waals surface area contributed by atoms with E-state index in [2.05, 4.69) is 15.3 Å². The Hall–Kier alpha value is -2.08. The molecule has 25 heavy (non-hydrogen) atoms. The predicted molar refractivity (Wildman–Crippen MR) is 101 cm³/mol. The summed E-state index contributed by atoms with van der Waals surface area (Å²) in [6.07, 6.45) is 5.73. The lowest BCUT2D eigenvalue weighted by atomic mass is 9.95. The van der Waals surface area contributed by atoms with E-state index >= 15 is 0 Å². The molecule has 1 amide bonds. The van der Waals surface area contributed by atoms with Crippen molar-refractivity contribution in [1.82, 2.24) is 15.3 Å². The van der Waals surface area contributed by atoms with Crippen LogP contribution in [0.2, 0.25) is 0 Å². The van der Waals surface area contributed by atoms with Crippen LogP contribution < -0.4 is 10.9 Å². The molecular formula is C19H23N3O2S. The smallest absolute Gasteiger partial charge is 0.252 e. The molecule has 0 spiro atoms. The quantitative estimate of drug-likeness (QED) is 0.635. The third kappa shape index (κ3) is 4.95. The van der Waals surface area contributed by atoms with E-state index in [4.69, 9.17) is 0 Å². The molecule has 1 aromatic heterocycles. The highest BCUT2D eigenvalue weighted by Gasteiger charge is 2.21. The molecule has 0 aliphatic heterocycles. The van der Waals surface area contributed by atoms with Gasteiger partial charge in [0, 0.05) is 17.7 Å². The minimum Gasteiger partial charge on any atom is -0.352 e. The van der Waals surface area contributed by atoms with Crippen molar-refractivity contribution in [2.75, 3.05) is 0 Å². The number of aromatic amines is 1. The fourth-order valence-electron chi connectivity index (χ4n) is 3.03. The third-order valence-corrected chi connectivity index (χ3v) is 5.38. The highest BCUT2D eigenvalue weighted by atomic mass is 32.2. The Kier molecular flexibility index (Phi) is 5.91. The number of thioether (sulfide) groups is 1. The Morgan fingerprint density at radius 1 is 1.24 bits per heavy atom. The number of hydrogen-bond acceptors (Lipinski definition) is 4. The van der Waals surface area contributed by atoms with Crippen LogP contribution in [0.4, 0.5) is 0 Å². The Labute approximate surface area is 151 Å². The van der Waals surface area contributed by atoms with E-state index in [1.807, 2.05) is 37.3 Å². The van der Waals surface area contributed by atoms with Crippen molar-refractivity contribution in [3.63, 3.8) is 0 Å². The Morgan fingerprint density at radius 3 is 2.68 bits per heavy atom. The summed E-state index contributed by atoms with van der Waals surface area (Å²) in [5.41, 5.74) is 1.29. The number of nitrogens with one attached hydrogen (secondary N) is 2. The monoisotopic (exact) mass is 357 g/mol. The summed E-state index contributed by atoms with van der Waals surface area (Å²) in [7, 11) is 0. The zero-order chi connectivity index (χ0) is 17.6. The van der Waals surface area contributed by atoms with Gasteiger partial charge in [0.15, 0.2) is 5.16 Å². The maximum atomic E-state index is 12.4. The van der Waals surface area contributed by atoms with E-state index in [1.165, 1.54) is 37.1 Å². The molecule has 1 heterocycles. The number of carbonyl (C=O) groups is 1. The summed E-state index contributed by atoms with van der Waals surface area (Å²) in [5.74, 6) is 0.00432. The van der Waals surface area contributed by atoms with Gasteiger partial charge in [0.1, 0.15) is 0 Å². The van der Waals surface area contributed by atoms with Gasteiger partial charge in [-0.2, -0.15) is 0 Å². The molecule has 0 radical (unpaired) electrons. The molecule has 1 fully saturated rings. The summed E-state index contributed by atoms with van der Waals surface area (Å²) in [6.45, 7) is 1.85. The minimum absolute atomic E-state index is 0.00432. The zero-order valence-electron chi connectivity index (χ0n) is 14.3. The van der Waals surface area contributed by atoms with Gasteiger partial charge in [0.05, 0.1) is 10.9 Å². The summed E-state index contributed by atoms with van der Waals surface area (Å²) in [5, 5.41) is 3.28. The van der Waals surface area contributed by atoms with E-state index < -0.39 is 0 Å². The van der Waals surface area contributed by atoms with Crippen LogP contribution in [0, 0.1) is 0 Å². The Morgan fingerprint density at radius 2 is 1.96 bits per heavy atom. The molecule has 1 aromatic carbocycles. The lowest BCUT2D eigenvalue weighted by molar-refractivity contribution is -0.121. The van der Waals surface area contributed by atoms with Crippen molar-refractivity contribution in [2.24, 2.45) is 0 Å². The van der Waals surface area contributed by atoms with Crippen LogP contribution in [-0.2, 0) is 4.79 Å². The number of hydrogen-bond donors (Lipinski definition) is 2. The van der Waals surface area contributed by atoms with Crippen LogP contribution in [0.25, 0.3) is 11.3 Å². The second-order valence-electron chi connectivity index (χ2n) is 6.41. The first kappa shape index (κ1) is 17.7. The lowest BCUT2D eigenvalue weighted by Crippen LogP contribution is -2.40. The molecule has 132 valence electrons. The number of benzene rings is 1. The molecule has 5 nitrogen and oxygen atoms in total. The molecule has 0 saturated heterocycles. The van der Waals surface area contributed by atoms with Gasteiger partial charge in [-0.1, -0.05) is 61.4 Å². The summed E-state index contributed by atoms with van der Waals surface area (Å²) in [4.78, 5) is 31.6. The third-order valence-electron chi connectivity index (χ3n) is 4.40. The second kappa shape index (κ2) is 8.34. The maximum Gasteiger partial charge on any atom is 0.252 e. The zero-order valence-corrected chi connectivity index (χ0v) is 15.1. The minimum atomic E-state index is -0.309. The van der Waals surface area contributed by atoms with Crippen LogP contribution in [0.1, 0.15) is 39.0 Å². The fraction of sp³-hybridized carbons (Fsp3) is 0.421. The van der Waals surface area contributed by atoms with Gasteiger partial charge in [0.2, 0.25) is 5.91 Å². The standard InChI is InChI=1S/C19H23N3O2S/c1-13(18(24)20-15-10-6-3-7-11-15)25-19-21-16(12-17(23)22-19)14-8-4-2-5-9-14/h2,4-5,8-9,12-13,15H,3,6-7,10-11H2,1H3,(H,20,24)(H,21,22,23)/t13-/m1/s1. The van der Waals surface area contributed by atoms with Gasteiger partial charge in [0.25, 0.3) is 5.56 Å². The summed E-state index contributed by atoms with van der Waals surface area (Å²) < 4.78 is 0. The average molecular weight is 357 g/mol. The van der Waals surface area contributed by atoms with Crippen LogP contribution >= 0.6 is 11.8 Å². The highest BCUT2D eigenvalue weighted by Crippen LogP contribution is 2.23. The lowest BCUT2D eigenvalue weighted by Gasteiger charge is -2.24. The number of carbonyl (C=O) groups excluding carboxylic acids is 1. The first-order valence-corrected chi connectivity index (χ1v) is 9.63. The van der Waals surface area contributed by atoms with Crippen molar-refractivity contribution < 1.29 is 4.79 Å². The normalized spacial score (nSPS) is 16.4. The Bertz CT molecular complexity index is 770. The van der Waals surface area contributed by atoms with Crippen LogP contribution in [-0.4, -0.2) is 27.2 Å². The van der Waals surface area contributed by atoms with E-state index in [0.29, 0.717) is 10.9 Å².